The van der Waals surface area contributed by atoms with Gasteiger partial charge in [-0.2, -0.15) is 4.99 Å². The van der Waals surface area contributed by atoms with E-state index in [-0.39, 0.29) is 12.7 Å². The number of thiazole rings is 1. The van der Waals surface area contributed by atoms with Crippen LogP contribution in [0.2, 0.25) is 0 Å². The van der Waals surface area contributed by atoms with Gasteiger partial charge in [0.2, 0.25) is 11.9 Å². The number of fused-ring (bicyclic) bond motifs is 1. The molecule has 0 radical (unpaired) electrons. The number of benzene rings is 2. The molecule has 6 nitrogen and oxygen atoms in total. The third-order valence-electron chi connectivity index (χ3n) is 4.65. The molecule has 3 aromatic rings. The third-order valence-corrected chi connectivity index (χ3v) is 6.39. The molecule has 0 bridgehead atoms. The normalized spacial score (nSPS) is 17.7. The van der Waals surface area contributed by atoms with Crippen molar-refractivity contribution in [3.63, 3.8) is 0 Å². The zero-order valence-electron chi connectivity index (χ0n) is 16.4. The minimum atomic E-state index is -0.110. The molecular formula is C23H17N3O3S2. The first-order chi connectivity index (χ1) is 15.2. The second-order valence-electron chi connectivity index (χ2n) is 6.70. The predicted octanol–water partition coefficient (Wildman–Crippen LogP) is 5.33. The Labute approximate surface area is 187 Å². The number of carbonyl (C=O) groups is 1. The van der Waals surface area contributed by atoms with E-state index in [1.54, 1.807) is 11.0 Å². The standard InChI is InChI=1S/C23H17N3O3S2/c1-2-10-26-21(27)20(12-15-8-9-18-19(11-15)29-14-28-18)31-23(26)25-22-24-17(13-30-22)16-6-4-3-5-7-16/h2-9,11-13H,1,10,14H2/b20-12-,25-23+. The molecule has 1 fully saturated rings. The molecule has 0 unspecified atom stereocenters. The number of hydrogen-bond acceptors (Lipinski definition) is 7. The largest absolute Gasteiger partial charge is 0.454 e. The van der Waals surface area contributed by atoms with Crippen molar-refractivity contribution in [2.45, 2.75) is 0 Å². The SMILES string of the molecule is C=CCN1C(=O)/C(=C/c2ccc3c(c2)OCO3)S/C1=N/c1nc(-c2ccccc2)cs1. The topological polar surface area (TPSA) is 64.0 Å². The van der Waals surface area contributed by atoms with Gasteiger partial charge in [0, 0.05) is 17.5 Å². The summed E-state index contributed by atoms with van der Waals surface area (Å²) in [6, 6.07) is 15.5. The van der Waals surface area contributed by atoms with Crippen LogP contribution >= 0.6 is 23.1 Å². The molecule has 5 rings (SSSR count). The fourth-order valence-corrected chi connectivity index (χ4v) is 4.92. The summed E-state index contributed by atoms with van der Waals surface area (Å²) in [6.07, 6.45) is 3.53. The van der Waals surface area contributed by atoms with Crippen LogP contribution < -0.4 is 9.47 Å². The Balaban J connectivity index is 1.44. The maximum Gasteiger partial charge on any atom is 0.267 e. The van der Waals surface area contributed by atoms with Gasteiger partial charge in [-0.05, 0) is 35.5 Å². The van der Waals surface area contributed by atoms with Gasteiger partial charge in [0.15, 0.2) is 16.7 Å². The molecule has 154 valence electrons. The van der Waals surface area contributed by atoms with Crippen molar-refractivity contribution in [3.05, 3.63) is 77.0 Å². The molecule has 2 aliphatic heterocycles. The van der Waals surface area contributed by atoms with Crippen LogP contribution in [-0.2, 0) is 4.79 Å². The fourth-order valence-electron chi connectivity index (χ4n) is 3.17. The van der Waals surface area contributed by atoms with Crippen LogP contribution in [0.5, 0.6) is 11.5 Å². The second-order valence-corrected chi connectivity index (χ2v) is 8.55. The maximum atomic E-state index is 13.0. The number of aliphatic imine (C=N–C) groups is 1. The number of amides is 1. The molecular weight excluding hydrogens is 430 g/mol. The number of nitrogens with zero attached hydrogens (tertiary/aromatic N) is 3. The molecule has 1 amide bonds. The highest BCUT2D eigenvalue weighted by Gasteiger charge is 2.33. The monoisotopic (exact) mass is 447 g/mol. The Morgan fingerprint density at radius 1 is 1.16 bits per heavy atom. The zero-order chi connectivity index (χ0) is 21.2. The first kappa shape index (κ1) is 19.6. The highest BCUT2D eigenvalue weighted by atomic mass is 32.2. The molecule has 1 saturated heterocycles. The minimum Gasteiger partial charge on any atom is -0.454 e. The van der Waals surface area contributed by atoms with E-state index in [1.807, 2.05) is 60.0 Å². The van der Waals surface area contributed by atoms with Gasteiger partial charge >= 0.3 is 0 Å². The lowest BCUT2D eigenvalue weighted by atomic mass is 10.2. The summed E-state index contributed by atoms with van der Waals surface area (Å²) < 4.78 is 10.8. The van der Waals surface area contributed by atoms with Crippen LogP contribution in [0.3, 0.4) is 0 Å². The van der Waals surface area contributed by atoms with Gasteiger partial charge in [-0.25, -0.2) is 4.98 Å². The Kier molecular flexibility index (Phi) is 5.31. The van der Waals surface area contributed by atoms with Crippen LogP contribution in [0.25, 0.3) is 17.3 Å². The Morgan fingerprint density at radius 2 is 2.00 bits per heavy atom. The van der Waals surface area contributed by atoms with E-state index in [9.17, 15) is 4.79 Å². The van der Waals surface area contributed by atoms with Gasteiger partial charge in [-0.15, -0.1) is 17.9 Å². The average molecular weight is 448 g/mol. The molecule has 31 heavy (non-hydrogen) atoms. The summed E-state index contributed by atoms with van der Waals surface area (Å²) in [7, 11) is 0. The minimum absolute atomic E-state index is 0.110. The Bertz CT molecular complexity index is 1220. The first-order valence-corrected chi connectivity index (χ1v) is 11.2. The highest BCUT2D eigenvalue weighted by molar-refractivity contribution is 8.18. The molecule has 0 atom stereocenters. The summed E-state index contributed by atoms with van der Waals surface area (Å²) in [5, 5.41) is 3.16. The van der Waals surface area contributed by atoms with Gasteiger partial charge < -0.3 is 9.47 Å². The van der Waals surface area contributed by atoms with Gasteiger partial charge in [-0.1, -0.05) is 42.5 Å². The van der Waals surface area contributed by atoms with E-state index in [0.29, 0.717) is 33.2 Å². The number of aromatic nitrogens is 1. The van der Waals surface area contributed by atoms with Crippen LogP contribution in [0.15, 0.2) is 76.5 Å². The molecule has 2 aliphatic rings. The van der Waals surface area contributed by atoms with Crippen molar-refractivity contribution in [1.82, 2.24) is 9.88 Å². The molecule has 0 spiro atoms. The van der Waals surface area contributed by atoms with E-state index < -0.39 is 0 Å². The van der Waals surface area contributed by atoms with E-state index in [0.717, 1.165) is 16.8 Å². The van der Waals surface area contributed by atoms with E-state index in [4.69, 9.17) is 9.47 Å². The molecule has 0 saturated carbocycles. The summed E-state index contributed by atoms with van der Waals surface area (Å²) in [5.41, 5.74) is 2.76. The molecule has 2 aromatic carbocycles. The number of rotatable bonds is 5. The van der Waals surface area contributed by atoms with Crippen LogP contribution in [-0.4, -0.2) is 34.3 Å². The lowest BCUT2D eigenvalue weighted by molar-refractivity contribution is -0.121. The summed E-state index contributed by atoms with van der Waals surface area (Å²) in [6.45, 7) is 4.36. The quantitative estimate of drug-likeness (QED) is 0.391. The summed E-state index contributed by atoms with van der Waals surface area (Å²) >= 11 is 2.77. The number of amidine groups is 1. The second kappa shape index (κ2) is 8.41. The smallest absolute Gasteiger partial charge is 0.267 e. The number of carbonyl (C=O) groups excluding carboxylic acids is 1. The summed E-state index contributed by atoms with van der Waals surface area (Å²) in [4.78, 5) is 24.5. The van der Waals surface area contributed by atoms with Crippen molar-refractivity contribution in [1.29, 1.82) is 0 Å². The number of ether oxygens (including phenoxy) is 2. The summed E-state index contributed by atoms with van der Waals surface area (Å²) in [5.74, 6) is 1.28. The van der Waals surface area contributed by atoms with Crippen molar-refractivity contribution >= 4 is 45.4 Å². The fraction of sp³-hybridized carbons (Fsp3) is 0.0870. The zero-order valence-corrected chi connectivity index (χ0v) is 18.0. The van der Waals surface area contributed by atoms with E-state index in [2.05, 4.69) is 16.6 Å². The van der Waals surface area contributed by atoms with Crippen LogP contribution in [0.4, 0.5) is 5.13 Å². The lowest BCUT2D eigenvalue weighted by Crippen LogP contribution is -2.29. The average Bonchev–Trinajstić information content (AvgIpc) is 3.51. The lowest BCUT2D eigenvalue weighted by Gasteiger charge is -2.11. The predicted molar refractivity (Wildman–Crippen MR) is 125 cm³/mol. The Morgan fingerprint density at radius 3 is 2.84 bits per heavy atom. The van der Waals surface area contributed by atoms with E-state index in [1.165, 1.54) is 23.1 Å². The van der Waals surface area contributed by atoms with Crippen molar-refractivity contribution in [2.24, 2.45) is 4.99 Å². The van der Waals surface area contributed by atoms with Crippen LogP contribution in [0, 0.1) is 0 Å². The maximum absolute atomic E-state index is 13.0. The number of hydrogen-bond donors (Lipinski definition) is 0. The van der Waals surface area contributed by atoms with Gasteiger partial charge in [0.25, 0.3) is 5.91 Å². The van der Waals surface area contributed by atoms with Crippen molar-refractivity contribution in [2.75, 3.05) is 13.3 Å². The van der Waals surface area contributed by atoms with Gasteiger partial charge in [-0.3, -0.25) is 9.69 Å². The molecule has 1 aromatic heterocycles. The van der Waals surface area contributed by atoms with Crippen molar-refractivity contribution < 1.29 is 14.3 Å². The molecule has 3 heterocycles. The highest BCUT2D eigenvalue weighted by Crippen LogP contribution is 2.37. The van der Waals surface area contributed by atoms with E-state index >= 15 is 0 Å². The third kappa shape index (κ3) is 3.99. The van der Waals surface area contributed by atoms with Gasteiger partial charge in [0.1, 0.15) is 0 Å². The van der Waals surface area contributed by atoms with Crippen molar-refractivity contribution in [3.8, 4) is 22.8 Å². The van der Waals surface area contributed by atoms with Crippen LogP contribution in [0.1, 0.15) is 5.56 Å². The molecule has 8 heteroatoms. The number of thioether (sulfide) groups is 1. The molecule has 0 N–H and O–H groups in total. The molecule has 0 aliphatic carbocycles. The first-order valence-electron chi connectivity index (χ1n) is 9.53. The Hall–Kier alpha value is -3.36. The van der Waals surface area contributed by atoms with Gasteiger partial charge in [0.05, 0.1) is 10.6 Å².